The average molecular weight is 409 g/mol. The summed E-state index contributed by atoms with van der Waals surface area (Å²) in [6.07, 6.45) is 3.39. The number of amides is 1. The maximum Gasteiger partial charge on any atom is 0.247 e. The van der Waals surface area contributed by atoms with Gasteiger partial charge in [0.2, 0.25) is 5.91 Å². The van der Waals surface area contributed by atoms with E-state index in [1.54, 1.807) is 23.9 Å². The molecule has 2 aromatic carbocycles. The van der Waals surface area contributed by atoms with Crippen LogP contribution >= 0.6 is 39.3 Å². The normalized spacial score (nSPS) is 17.8. The van der Waals surface area contributed by atoms with Crippen LogP contribution in [0, 0.1) is 0 Å². The van der Waals surface area contributed by atoms with E-state index in [9.17, 15) is 4.79 Å². The van der Waals surface area contributed by atoms with Crippen molar-refractivity contribution in [3.8, 4) is 0 Å². The number of hydrogen-bond donors (Lipinski definition) is 0. The Morgan fingerprint density at radius 2 is 1.96 bits per heavy atom. The Hall–Kier alpha value is -1.23. The molecule has 1 aliphatic rings. The fraction of sp³-hybridized carbons (Fsp3) is 0.167. The standard InChI is InChI=1S/C18H15BrClNOS/c19-15-8-5-14(6-9-15)18-21(11-12-23-18)17(22)10-7-13-3-1-2-4-16(13)20/h1-10,18H,11-12H2/b10-7+. The second kappa shape index (κ2) is 7.56. The van der Waals surface area contributed by atoms with Crippen LogP contribution in [0.2, 0.25) is 5.02 Å². The molecule has 2 nitrogen and oxygen atoms in total. The number of thioether (sulfide) groups is 1. The second-order valence-corrected chi connectivity index (χ2v) is 7.67. The fourth-order valence-corrected chi connectivity index (χ4v) is 4.19. The number of hydrogen-bond acceptors (Lipinski definition) is 2. The number of halogens is 2. The molecule has 0 N–H and O–H groups in total. The summed E-state index contributed by atoms with van der Waals surface area (Å²) in [6.45, 7) is 0.761. The highest BCUT2D eigenvalue weighted by atomic mass is 79.9. The summed E-state index contributed by atoms with van der Waals surface area (Å²) in [5, 5.41) is 0.725. The minimum atomic E-state index is 0.0165. The fourth-order valence-electron chi connectivity index (χ4n) is 2.47. The Bertz CT molecular complexity index is 732. The van der Waals surface area contributed by atoms with Crippen molar-refractivity contribution in [2.45, 2.75) is 5.37 Å². The molecule has 0 radical (unpaired) electrons. The van der Waals surface area contributed by atoms with Crippen LogP contribution in [0.4, 0.5) is 0 Å². The first kappa shape index (κ1) is 16.6. The molecule has 0 saturated carbocycles. The lowest BCUT2D eigenvalue weighted by Gasteiger charge is -2.22. The van der Waals surface area contributed by atoms with Gasteiger partial charge in [-0.3, -0.25) is 4.79 Å². The summed E-state index contributed by atoms with van der Waals surface area (Å²) in [5.74, 6) is 0.967. The first-order chi connectivity index (χ1) is 11.1. The van der Waals surface area contributed by atoms with Crippen LogP contribution in [-0.4, -0.2) is 23.1 Å². The minimum absolute atomic E-state index is 0.0165. The maximum absolute atomic E-state index is 12.6. The SMILES string of the molecule is O=C(/C=C/c1ccccc1Cl)N1CCSC1c1ccc(Br)cc1. The van der Waals surface area contributed by atoms with E-state index >= 15 is 0 Å². The van der Waals surface area contributed by atoms with E-state index < -0.39 is 0 Å². The van der Waals surface area contributed by atoms with Gasteiger partial charge in [-0.25, -0.2) is 0 Å². The van der Waals surface area contributed by atoms with Crippen LogP contribution in [0.5, 0.6) is 0 Å². The van der Waals surface area contributed by atoms with E-state index in [-0.39, 0.29) is 11.3 Å². The summed E-state index contributed by atoms with van der Waals surface area (Å²) < 4.78 is 1.04. The zero-order chi connectivity index (χ0) is 16.2. The molecule has 5 heteroatoms. The van der Waals surface area contributed by atoms with Crippen LogP contribution in [0.15, 0.2) is 59.1 Å². The van der Waals surface area contributed by atoms with Crippen molar-refractivity contribution >= 4 is 51.3 Å². The van der Waals surface area contributed by atoms with Gasteiger partial charge in [0.25, 0.3) is 0 Å². The van der Waals surface area contributed by atoms with Gasteiger partial charge in [0.15, 0.2) is 0 Å². The molecular formula is C18H15BrClNOS. The summed E-state index contributed by atoms with van der Waals surface area (Å²) in [6, 6.07) is 15.6. The molecule has 118 valence electrons. The molecule has 1 fully saturated rings. The zero-order valence-corrected chi connectivity index (χ0v) is 15.4. The van der Waals surface area contributed by atoms with Crippen LogP contribution < -0.4 is 0 Å². The van der Waals surface area contributed by atoms with E-state index in [2.05, 4.69) is 28.1 Å². The number of nitrogens with zero attached hydrogens (tertiary/aromatic N) is 1. The smallest absolute Gasteiger partial charge is 0.247 e. The lowest BCUT2D eigenvalue weighted by Crippen LogP contribution is -2.28. The van der Waals surface area contributed by atoms with Gasteiger partial charge in [-0.1, -0.05) is 57.9 Å². The van der Waals surface area contributed by atoms with Gasteiger partial charge in [0.1, 0.15) is 5.37 Å². The molecule has 2 aromatic rings. The summed E-state index contributed by atoms with van der Waals surface area (Å²) in [4.78, 5) is 14.5. The molecule has 23 heavy (non-hydrogen) atoms. The van der Waals surface area contributed by atoms with Crippen molar-refractivity contribution in [1.29, 1.82) is 0 Å². The topological polar surface area (TPSA) is 20.3 Å². The Labute approximate surface area is 153 Å². The molecule has 0 spiro atoms. The van der Waals surface area contributed by atoms with E-state index in [4.69, 9.17) is 11.6 Å². The molecule has 1 heterocycles. The third-order valence-corrected chi connectivity index (χ3v) is 5.77. The third-order valence-electron chi connectivity index (χ3n) is 3.64. The highest BCUT2D eigenvalue weighted by molar-refractivity contribution is 9.10. The molecule has 1 aliphatic heterocycles. The van der Waals surface area contributed by atoms with Gasteiger partial charge < -0.3 is 4.90 Å². The molecule has 0 aliphatic carbocycles. The monoisotopic (exact) mass is 407 g/mol. The number of benzene rings is 2. The highest BCUT2D eigenvalue weighted by Crippen LogP contribution is 2.38. The third kappa shape index (κ3) is 4.00. The maximum atomic E-state index is 12.6. The lowest BCUT2D eigenvalue weighted by atomic mass is 10.2. The molecule has 0 aromatic heterocycles. The van der Waals surface area contributed by atoms with Crippen LogP contribution in [-0.2, 0) is 4.79 Å². The second-order valence-electron chi connectivity index (χ2n) is 5.16. The number of rotatable bonds is 3. The molecule has 3 rings (SSSR count). The first-order valence-corrected chi connectivity index (χ1v) is 9.47. The lowest BCUT2D eigenvalue weighted by molar-refractivity contribution is -0.126. The van der Waals surface area contributed by atoms with Crippen LogP contribution in [0.3, 0.4) is 0 Å². The highest BCUT2D eigenvalue weighted by Gasteiger charge is 2.29. The number of carbonyl (C=O) groups is 1. The van der Waals surface area contributed by atoms with Crippen molar-refractivity contribution in [3.05, 3.63) is 75.2 Å². The van der Waals surface area contributed by atoms with Crippen molar-refractivity contribution in [2.24, 2.45) is 0 Å². The van der Waals surface area contributed by atoms with Gasteiger partial charge in [0, 0.05) is 27.9 Å². The minimum Gasteiger partial charge on any atom is -0.322 e. The Kier molecular flexibility index (Phi) is 5.46. The van der Waals surface area contributed by atoms with Gasteiger partial charge in [-0.05, 0) is 35.4 Å². The number of carbonyl (C=O) groups excluding carboxylic acids is 1. The zero-order valence-electron chi connectivity index (χ0n) is 12.3. The average Bonchev–Trinajstić information content (AvgIpc) is 3.04. The van der Waals surface area contributed by atoms with E-state index in [1.807, 2.05) is 41.3 Å². The van der Waals surface area contributed by atoms with Crippen molar-refractivity contribution in [2.75, 3.05) is 12.3 Å². The van der Waals surface area contributed by atoms with Crippen molar-refractivity contribution in [3.63, 3.8) is 0 Å². The van der Waals surface area contributed by atoms with Gasteiger partial charge >= 0.3 is 0 Å². The summed E-state index contributed by atoms with van der Waals surface area (Å²) in [5.41, 5.74) is 2.00. The predicted octanol–water partition coefficient (Wildman–Crippen LogP) is 5.39. The molecule has 1 saturated heterocycles. The Morgan fingerprint density at radius 3 is 2.70 bits per heavy atom. The van der Waals surface area contributed by atoms with Crippen molar-refractivity contribution < 1.29 is 4.79 Å². The van der Waals surface area contributed by atoms with E-state index in [0.717, 1.165) is 27.9 Å². The first-order valence-electron chi connectivity index (χ1n) is 7.25. The van der Waals surface area contributed by atoms with Gasteiger partial charge in [0.05, 0.1) is 0 Å². The molecule has 1 unspecified atom stereocenters. The predicted molar refractivity (Wildman–Crippen MR) is 102 cm³/mol. The molecule has 1 amide bonds. The van der Waals surface area contributed by atoms with Gasteiger partial charge in [-0.2, -0.15) is 0 Å². The van der Waals surface area contributed by atoms with Crippen LogP contribution in [0.25, 0.3) is 6.08 Å². The van der Waals surface area contributed by atoms with E-state index in [0.29, 0.717) is 5.02 Å². The summed E-state index contributed by atoms with van der Waals surface area (Å²) in [7, 11) is 0. The Balaban J connectivity index is 1.76. The largest absolute Gasteiger partial charge is 0.322 e. The Morgan fingerprint density at radius 1 is 1.22 bits per heavy atom. The quantitative estimate of drug-likeness (QED) is 0.635. The van der Waals surface area contributed by atoms with Gasteiger partial charge in [-0.15, -0.1) is 11.8 Å². The van der Waals surface area contributed by atoms with Crippen LogP contribution in [0.1, 0.15) is 16.5 Å². The summed E-state index contributed by atoms with van der Waals surface area (Å²) >= 11 is 11.4. The van der Waals surface area contributed by atoms with E-state index in [1.165, 1.54) is 0 Å². The molecule has 0 bridgehead atoms. The molecular weight excluding hydrogens is 394 g/mol. The van der Waals surface area contributed by atoms with Crippen molar-refractivity contribution in [1.82, 2.24) is 4.90 Å². The molecule has 1 atom stereocenters.